The van der Waals surface area contributed by atoms with Gasteiger partial charge in [-0.05, 0) is 75.0 Å². The first-order chi connectivity index (χ1) is 15.2. The van der Waals surface area contributed by atoms with E-state index in [1.54, 1.807) is 14.2 Å². The van der Waals surface area contributed by atoms with E-state index in [4.69, 9.17) is 9.47 Å². The molecule has 1 aromatic heterocycles. The molecule has 2 aliphatic heterocycles. The fourth-order valence-corrected chi connectivity index (χ4v) is 5.06. The van der Waals surface area contributed by atoms with Crippen molar-refractivity contribution in [2.45, 2.75) is 38.1 Å². The number of hydrogen-bond acceptors (Lipinski definition) is 5. The zero-order valence-corrected chi connectivity index (χ0v) is 18.7. The Morgan fingerprint density at radius 3 is 2.74 bits per heavy atom. The molecule has 7 nitrogen and oxygen atoms in total. The molecule has 2 aliphatic rings. The topological polar surface area (TPSA) is 70.7 Å². The molecule has 2 saturated heterocycles. The first kappa shape index (κ1) is 21.8. The molecule has 2 atom stereocenters. The van der Waals surface area contributed by atoms with Crippen LogP contribution in [0.15, 0.2) is 30.3 Å². The molecule has 0 aliphatic carbocycles. The number of nitrogens with zero attached hydrogens (tertiary/aromatic N) is 3. The van der Waals surface area contributed by atoms with Gasteiger partial charge in [0, 0.05) is 31.8 Å². The fraction of sp³-hybridized carbons (Fsp3) is 0.583. The first-order valence-electron chi connectivity index (χ1n) is 11.4. The average molecular weight is 427 g/mol. The molecule has 0 unspecified atom stereocenters. The third kappa shape index (κ3) is 5.10. The van der Waals surface area contributed by atoms with Gasteiger partial charge in [0.1, 0.15) is 11.4 Å². The Hall–Kier alpha value is -2.38. The summed E-state index contributed by atoms with van der Waals surface area (Å²) in [5, 5.41) is 7.34. The van der Waals surface area contributed by atoms with Crippen LogP contribution in [0.1, 0.15) is 42.6 Å². The predicted octanol–water partition coefficient (Wildman–Crippen LogP) is 3.44. The molecule has 1 N–H and O–H groups in total. The van der Waals surface area contributed by atoms with Crippen LogP contribution in [0.2, 0.25) is 0 Å². The second-order valence-corrected chi connectivity index (χ2v) is 8.64. The van der Waals surface area contributed by atoms with Crippen molar-refractivity contribution >= 4 is 5.91 Å². The highest BCUT2D eigenvalue weighted by Gasteiger charge is 2.35. The van der Waals surface area contributed by atoms with E-state index in [9.17, 15) is 4.79 Å². The van der Waals surface area contributed by atoms with E-state index >= 15 is 0 Å². The number of aromatic amines is 1. The standard InChI is InChI=1S/C24H34N4O3/c1-30-15-14-28(17-19-6-5-13-27-12-4-3-7-23(19)27)24(29)22-16-21(25-26-22)18-8-10-20(31-2)11-9-18/h8-11,16,19,23H,3-7,12-15,17H2,1-2H3,(H,25,26)/t19-,23+/m1/s1. The van der Waals surface area contributed by atoms with E-state index < -0.39 is 0 Å². The van der Waals surface area contributed by atoms with Crippen LogP contribution in [0.25, 0.3) is 11.3 Å². The lowest BCUT2D eigenvalue weighted by molar-refractivity contribution is 0.0313. The minimum atomic E-state index is -0.00255. The van der Waals surface area contributed by atoms with Crippen LogP contribution in [0.5, 0.6) is 5.75 Å². The van der Waals surface area contributed by atoms with Crippen LogP contribution in [0.4, 0.5) is 0 Å². The van der Waals surface area contributed by atoms with Gasteiger partial charge in [0.2, 0.25) is 0 Å². The number of benzene rings is 1. The van der Waals surface area contributed by atoms with Gasteiger partial charge >= 0.3 is 0 Å². The molecule has 0 bridgehead atoms. The van der Waals surface area contributed by atoms with Crippen molar-refractivity contribution in [1.29, 1.82) is 0 Å². The monoisotopic (exact) mass is 426 g/mol. The Kier molecular flexibility index (Phi) is 7.25. The number of H-pyrrole nitrogens is 1. The maximum absolute atomic E-state index is 13.4. The summed E-state index contributed by atoms with van der Waals surface area (Å²) in [6, 6.07) is 10.1. The second kappa shape index (κ2) is 10.3. The van der Waals surface area contributed by atoms with Gasteiger partial charge in [-0.3, -0.25) is 9.89 Å². The largest absolute Gasteiger partial charge is 0.497 e. The Morgan fingerprint density at radius 1 is 1.16 bits per heavy atom. The molecule has 0 radical (unpaired) electrons. The molecule has 2 fully saturated rings. The first-order valence-corrected chi connectivity index (χ1v) is 11.4. The molecule has 3 heterocycles. The number of piperidine rings is 2. The smallest absolute Gasteiger partial charge is 0.271 e. The van der Waals surface area contributed by atoms with E-state index in [1.165, 1.54) is 45.2 Å². The Morgan fingerprint density at radius 2 is 1.97 bits per heavy atom. The maximum Gasteiger partial charge on any atom is 0.271 e. The Bertz CT molecular complexity index is 849. The highest BCUT2D eigenvalue weighted by molar-refractivity contribution is 5.93. The van der Waals surface area contributed by atoms with Gasteiger partial charge in [0.15, 0.2) is 0 Å². The molecule has 4 rings (SSSR count). The molecule has 1 amide bonds. The third-order valence-electron chi connectivity index (χ3n) is 6.73. The van der Waals surface area contributed by atoms with Crippen LogP contribution < -0.4 is 4.74 Å². The minimum absolute atomic E-state index is 0.00255. The lowest BCUT2D eigenvalue weighted by Crippen LogP contribution is -2.52. The SMILES string of the molecule is COCCN(C[C@H]1CCCN2CCCC[C@@H]12)C(=O)c1cc(-c2ccc(OC)cc2)n[nH]1. The van der Waals surface area contributed by atoms with Crippen molar-refractivity contribution < 1.29 is 14.3 Å². The molecule has 1 aromatic carbocycles. The number of carbonyl (C=O) groups excluding carboxylic acids is 1. The van der Waals surface area contributed by atoms with Crippen LogP contribution in [0.3, 0.4) is 0 Å². The number of fused-ring (bicyclic) bond motifs is 1. The van der Waals surface area contributed by atoms with Crippen LogP contribution >= 0.6 is 0 Å². The molecule has 7 heteroatoms. The minimum Gasteiger partial charge on any atom is -0.497 e. The van der Waals surface area contributed by atoms with Crippen molar-refractivity contribution in [3.8, 4) is 17.0 Å². The van der Waals surface area contributed by atoms with Crippen LogP contribution in [0, 0.1) is 5.92 Å². The third-order valence-corrected chi connectivity index (χ3v) is 6.73. The summed E-state index contributed by atoms with van der Waals surface area (Å²) in [5.41, 5.74) is 2.23. The normalized spacial score (nSPS) is 21.5. The lowest BCUT2D eigenvalue weighted by Gasteiger charge is -2.45. The van der Waals surface area contributed by atoms with Gasteiger partial charge in [-0.1, -0.05) is 6.42 Å². The van der Waals surface area contributed by atoms with Crippen LogP contribution in [-0.2, 0) is 4.74 Å². The summed E-state index contributed by atoms with van der Waals surface area (Å²) in [5.74, 6) is 1.32. The quantitative estimate of drug-likeness (QED) is 0.700. The number of aromatic nitrogens is 2. The number of amides is 1. The predicted molar refractivity (Wildman–Crippen MR) is 120 cm³/mol. The lowest BCUT2D eigenvalue weighted by atomic mass is 9.83. The van der Waals surface area contributed by atoms with E-state index in [2.05, 4.69) is 15.1 Å². The highest BCUT2D eigenvalue weighted by Crippen LogP contribution is 2.31. The maximum atomic E-state index is 13.4. The summed E-state index contributed by atoms with van der Waals surface area (Å²) < 4.78 is 10.5. The molecular formula is C24H34N4O3. The van der Waals surface area contributed by atoms with Gasteiger partial charge in [-0.2, -0.15) is 5.10 Å². The summed E-state index contributed by atoms with van der Waals surface area (Å²) in [4.78, 5) is 18.0. The fourth-order valence-electron chi connectivity index (χ4n) is 5.06. The second-order valence-electron chi connectivity index (χ2n) is 8.64. The van der Waals surface area contributed by atoms with Gasteiger partial charge in [0.25, 0.3) is 5.91 Å². The van der Waals surface area contributed by atoms with Gasteiger partial charge in [-0.25, -0.2) is 0 Å². The van der Waals surface area contributed by atoms with Crippen molar-refractivity contribution in [2.75, 3.05) is 47.0 Å². The van der Waals surface area contributed by atoms with Crippen LogP contribution in [-0.4, -0.2) is 79.0 Å². The summed E-state index contributed by atoms with van der Waals surface area (Å²) in [7, 11) is 3.33. The molecule has 0 spiro atoms. The molecule has 2 aromatic rings. The van der Waals surface area contributed by atoms with Crippen molar-refractivity contribution in [3.63, 3.8) is 0 Å². The Balaban J connectivity index is 1.48. The number of rotatable bonds is 8. The number of hydrogen-bond donors (Lipinski definition) is 1. The van der Waals surface area contributed by atoms with E-state index in [-0.39, 0.29) is 5.91 Å². The summed E-state index contributed by atoms with van der Waals surface area (Å²) in [6.45, 7) is 4.32. The molecule has 168 valence electrons. The van der Waals surface area contributed by atoms with E-state index in [0.717, 1.165) is 23.6 Å². The van der Waals surface area contributed by atoms with Crippen molar-refractivity contribution in [1.82, 2.24) is 20.0 Å². The van der Waals surface area contributed by atoms with Gasteiger partial charge in [-0.15, -0.1) is 0 Å². The summed E-state index contributed by atoms with van der Waals surface area (Å²) in [6.07, 6.45) is 6.27. The van der Waals surface area contributed by atoms with Crippen molar-refractivity contribution in [3.05, 3.63) is 36.0 Å². The van der Waals surface area contributed by atoms with Gasteiger partial charge < -0.3 is 19.3 Å². The molecular weight excluding hydrogens is 392 g/mol. The Labute approximate surface area is 184 Å². The number of carbonyl (C=O) groups is 1. The number of methoxy groups -OCH3 is 2. The van der Waals surface area contributed by atoms with E-state index in [1.807, 2.05) is 35.2 Å². The molecule has 0 saturated carbocycles. The highest BCUT2D eigenvalue weighted by atomic mass is 16.5. The summed E-state index contributed by atoms with van der Waals surface area (Å²) >= 11 is 0. The van der Waals surface area contributed by atoms with E-state index in [0.29, 0.717) is 30.8 Å². The average Bonchev–Trinajstić information content (AvgIpc) is 3.32. The molecule has 31 heavy (non-hydrogen) atoms. The zero-order chi connectivity index (χ0) is 21.6. The van der Waals surface area contributed by atoms with Crippen molar-refractivity contribution in [2.24, 2.45) is 5.92 Å². The zero-order valence-electron chi connectivity index (χ0n) is 18.7. The van der Waals surface area contributed by atoms with Gasteiger partial charge in [0.05, 0.1) is 19.4 Å². The number of ether oxygens (including phenoxy) is 2. The number of nitrogens with one attached hydrogen (secondary N) is 1.